The van der Waals surface area contributed by atoms with Crippen molar-refractivity contribution in [2.45, 2.75) is 58.3 Å². The van der Waals surface area contributed by atoms with Crippen LogP contribution in [0.25, 0.3) is 5.57 Å². The van der Waals surface area contributed by atoms with Gasteiger partial charge in [-0.15, -0.1) is 0 Å². The highest BCUT2D eigenvalue weighted by Gasteiger charge is 2.12. The van der Waals surface area contributed by atoms with Gasteiger partial charge in [-0.25, -0.2) is 0 Å². The molecule has 0 unspecified atom stereocenters. The highest BCUT2D eigenvalue weighted by Crippen LogP contribution is 2.34. The Bertz CT molecular complexity index is 592. The first-order valence-electron chi connectivity index (χ1n) is 9.96. The first-order valence-corrected chi connectivity index (χ1v) is 10.9. The Morgan fingerprint density at radius 1 is 0.692 bits per heavy atom. The molecule has 0 heterocycles. The van der Waals surface area contributed by atoms with Crippen LogP contribution in [0.5, 0.6) is 0 Å². The molecule has 0 spiro atoms. The van der Waals surface area contributed by atoms with Gasteiger partial charge in [0.2, 0.25) is 0 Å². The highest BCUT2D eigenvalue weighted by molar-refractivity contribution is 8.03. The van der Waals surface area contributed by atoms with E-state index in [4.69, 9.17) is 0 Å². The minimum absolute atomic E-state index is 0.0645. The van der Waals surface area contributed by atoms with Gasteiger partial charge in [-0.3, -0.25) is 0 Å². The Balaban J connectivity index is 1.87. The zero-order valence-electron chi connectivity index (χ0n) is 15.9. The molecule has 2 heteroatoms. The van der Waals surface area contributed by atoms with E-state index in [9.17, 15) is 4.39 Å². The summed E-state index contributed by atoms with van der Waals surface area (Å²) in [5.74, 6) is 0.851. The molecule has 0 fully saturated rings. The van der Waals surface area contributed by atoms with Crippen molar-refractivity contribution < 1.29 is 4.39 Å². The first-order chi connectivity index (χ1) is 12.8. The van der Waals surface area contributed by atoms with Gasteiger partial charge in [0.25, 0.3) is 0 Å². The van der Waals surface area contributed by atoms with Gasteiger partial charge in [0, 0.05) is 11.3 Å². The average Bonchev–Trinajstić information content (AvgIpc) is 2.68. The lowest BCUT2D eigenvalue weighted by Crippen LogP contribution is -1.91. The summed E-state index contributed by atoms with van der Waals surface area (Å²) in [5, 5.41) is -0.0645. The van der Waals surface area contributed by atoms with E-state index in [0.29, 0.717) is 0 Å². The molecule has 0 saturated carbocycles. The number of rotatable bonds is 12. The molecule has 26 heavy (non-hydrogen) atoms. The summed E-state index contributed by atoms with van der Waals surface area (Å²) in [5.41, 5.74) is 2.61. The monoisotopic (exact) mass is 370 g/mol. The predicted molar refractivity (Wildman–Crippen MR) is 115 cm³/mol. The summed E-state index contributed by atoms with van der Waals surface area (Å²) < 4.78 is 15.0. The molecule has 140 valence electrons. The van der Waals surface area contributed by atoms with Crippen LogP contribution in [0.1, 0.15) is 69.4 Å². The van der Waals surface area contributed by atoms with E-state index in [0.717, 1.165) is 28.9 Å². The number of hydrogen-bond acceptors (Lipinski definition) is 1. The molecule has 0 aliphatic heterocycles. The van der Waals surface area contributed by atoms with E-state index in [1.54, 1.807) is 0 Å². The maximum absolute atomic E-state index is 15.0. The van der Waals surface area contributed by atoms with Crippen LogP contribution in [0.15, 0.2) is 65.8 Å². The van der Waals surface area contributed by atoms with Crippen molar-refractivity contribution in [3.05, 3.63) is 76.9 Å². The van der Waals surface area contributed by atoms with E-state index in [1.165, 1.54) is 56.7 Å². The quantitative estimate of drug-likeness (QED) is 0.339. The van der Waals surface area contributed by atoms with E-state index < -0.39 is 0 Å². The van der Waals surface area contributed by atoms with Gasteiger partial charge >= 0.3 is 0 Å². The third-order valence-electron chi connectivity index (χ3n) is 4.55. The van der Waals surface area contributed by atoms with Gasteiger partial charge in [-0.1, -0.05) is 124 Å². The Hall–Kier alpha value is -1.54. The Morgan fingerprint density at radius 3 is 1.65 bits per heavy atom. The fourth-order valence-electron chi connectivity index (χ4n) is 3.07. The van der Waals surface area contributed by atoms with Crippen molar-refractivity contribution in [2.75, 3.05) is 5.75 Å². The molecule has 0 N–H and O–H groups in total. The Labute approximate surface area is 162 Å². The summed E-state index contributed by atoms with van der Waals surface area (Å²) >= 11 is 1.36. The van der Waals surface area contributed by atoms with Gasteiger partial charge in [0.05, 0.1) is 0 Å². The second-order valence-electron chi connectivity index (χ2n) is 6.70. The van der Waals surface area contributed by atoms with Crippen molar-refractivity contribution in [2.24, 2.45) is 0 Å². The number of hydrogen-bond donors (Lipinski definition) is 0. The molecule has 0 aromatic heterocycles. The first kappa shape index (κ1) is 20.8. The third-order valence-corrected chi connectivity index (χ3v) is 5.50. The molecule has 0 nitrogen and oxygen atoms in total. The van der Waals surface area contributed by atoms with Gasteiger partial charge in [-0.05, 0) is 17.5 Å². The van der Waals surface area contributed by atoms with Crippen LogP contribution < -0.4 is 0 Å². The van der Waals surface area contributed by atoms with Gasteiger partial charge < -0.3 is 0 Å². The molecule has 0 aliphatic rings. The van der Waals surface area contributed by atoms with Crippen molar-refractivity contribution >= 4 is 17.3 Å². The van der Waals surface area contributed by atoms with E-state index in [-0.39, 0.29) is 5.16 Å². The minimum atomic E-state index is -0.0645. The standard InChI is InChI=1S/C24H31FS/c1-2-3-4-5-6-7-8-15-20-26-24(25)23(21-16-11-9-12-17-21)22-18-13-10-14-19-22/h9-14,16-19H,2-8,15,20H2,1H3. The van der Waals surface area contributed by atoms with Crippen LogP contribution in [0.4, 0.5) is 4.39 Å². The van der Waals surface area contributed by atoms with Crippen LogP contribution in [-0.2, 0) is 0 Å². The lowest BCUT2D eigenvalue weighted by atomic mass is 9.99. The van der Waals surface area contributed by atoms with E-state index >= 15 is 0 Å². The maximum Gasteiger partial charge on any atom is 0.164 e. The van der Waals surface area contributed by atoms with Crippen LogP contribution in [0.3, 0.4) is 0 Å². The van der Waals surface area contributed by atoms with E-state index in [1.807, 2.05) is 60.7 Å². The summed E-state index contributed by atoms with van der Waals surface area (Å²) in [4.78, 5) is 0. The highest BCUT2D eigenvalue weighted by atomic mass is 32.2. The fraction of sp³-hybridized carbons (Fsp3) is 0.417. The molecular formula is C24H31FS. The summed E-state index contributed by atoms with van der Waals surface area (Å²) in [6, 6.07) is 19.7. The number of halogens is 1. The number of unbranched alkanes of at least 4 members (excludes halogenated alkanes) is 7. The lowest BCUT2D eigenvalue weighted by Gasteiger charge is -2.10. The molecule has 0 aliphatic carbocycles. The molecule has 0 saturated heterocycles. The second kappa shape index (κ2) is 12.8. The number of thioether (sulfide) groups is 1. The molecule has 2 rings (SSSR count). The Morgan fingerprint density at radius 2 is 1.15 bits per heavy atom. The van der Waals surface area contributed by atoms with Crippen molar-refractivity contribution in [1.29, 1.82) is 0 Å². The van der Waals surface area contributed by atoms with Gasteiger partial charge in [-0.2, -0.15) is 4.39 Å². The normalized spacial score (nSPS) is 10.7. The van der Waals surface area contributed by atoms with Crippen LogP contribution >= 0.6 is 11.8 Å². The maximum atomic E-state index is 15.0. The lowest BCUT2D eigenvalue weighted by molar-refractivity contribution is 0.586. The van der Waals surface area contributed by atoms with E-state index in [2.05, 4.69) is 6.92 Å². The van der Waals surface area contributed by atoms with Crippen LogP contribution in [0.2, 0.25) is 0 Å². The third kappa shape index (κ3) is 7.37. The van der Waals surface area contributed by atoms with Crippen molar-refractivity contribution in [1.82, 2.24) is 0 Å². The summed E-state index contributed by atoms with van der Waals surface area (Å²) in [7, 11) is 0. The molecule has 0 amide bonds. The predicted octanol–water partition coefficient (Wildman–Crippen LogP) is 8.25. The smallest absolute Gasteiger partial charge is 0.164 e. The molecule has 2 aromatic rings. The largest absolute Gasteiger partial charge is 0.199 e. The minimum Gasteiger partial charge on any atom is -0.199 e. The second-order valence-corrected chi connectivity index (χ2v) is 7.76. The van der Waals surface area contributed by atoms with Gasteiger partial charge in [0.1, 0.15) is 0 Å². The molecule has 0 radical (unpaired) electrons. The van der Waals surface area contributed by atoms with Crippen LogP contribution in [0, 0.1) is 0 Å². The number of benzene rings is 2. The molecule has 2 aromatic carbocycles. The zero-order chi connectivity index (χ0) is 18.5. The fourth-order valence-corrected chi connectivity index (χ4v) is 3.98. The zero-order valence-corrected chi connectivity index (χ0v) is 16.7. The molecular weight excluding hydrogens is 339 g/mol. The summed E-state index contributed by atoms with van der Waals surface area (Å²) in [6.07, 6.45) is 10.3. The van der Waals surface area contributed by atoms with Gasteiger partial charge in [0.15, 0.2) is 5.16 Å². The molecule has 0 atom stereocenters. The average molecular weight is 371 g/mol. The Kier molecular flexibility index (Phi) is 10.2. The van der Waals surface area contributed by atoms with Crippen LogP contribution in [-0.4, -0.2) is 5.75 Å². The SMILES string of the molecule is CCCCCCCCCCSC(F)=C(c1ccccc1)c1ccccc1. The van der Waals surface area contributed by atoms with Crippen molar-refractivity contribution in [3.8, 4) is 0 Å². The van der Waals surface area contributed by atoms with Crippen molar-refractivity contribution in [3.63, 3.8) is 0 Å². The summed E-state index contributed by atoms with van der Waals surface area (Å²) in [6.45, 7) is 2.25. The molecule has 0 bridgehead atoms. The topological polar surface area (TPSA) is 0 Å².